The third-order valence-corrected chi connectivity index (χ3v) is 1.57. The van der Waals surface area contributed by atoms with E-state index in [-0.39, 0.29) is 0 Å². The third kappa shape index (κ3) is 1.33. The van der Waals surface area contributed by atoms with Crippen molar-refractivity contribution in [3.63, 3.8) is 0 Å². The number of hydrogen-bond donors (Lipinski definition) is 1. The minimum absolute atomic E-state index is 0.304. The predicted molar refractivity (Wildman–Crippen MR) is 46.1 cm³/mol. The Kier molecular flexibility index (Phi) is 1.66. The molecule has 0 saturated heterocycles. The van der Waals surface area contributed by atoms with Crippen LogP contribution in [0.15, 0.2) is 18.5 Å². The van der Waals surface area contributed by atoms with Gasteiger partial charge >= 0.3 is 0 Å². The summed E-state index contributed by atoms with van der Waals surface area (Å²) in [5.74, 6) is 0.874. The zero-order valence-corrected chi connectivity index (χ0v) is 7.05. The SMILES string of the molecule is Cc1ccc(-n2ncnc2N)nn1. The molecular formula is C7H8N6. The number of aromatic nitrogens is 5. The Hall–Kier alpha value is -1.98. The minimum atomic E-state index is 0.304. The van der Waals surface area contributed by atoms with Crippen molar-refractivity contribution in [2.75, 3.05) is 5.73 Å². The number of nitrogen functional groups attached to an aromatic ring is 1. The highest BCUT2D eigenvalue weighted by atomic mass is 15.4. The zero-order valence-electron chi connectivity index (χ0n) is 7.05. The van der Waals surface area contributed by atoms with Crippen LogP contribution in [0, 0.1) is 6.92 Å². The molecule has 0 bridgehead atoms. The van der Waals surface area contributed by atoms with Gasteiger partial charge in [-0.1, -0.05) is 0 Å². The summed E-state index contributed by atoms with van der Waals surface area (Å²) in [6, 6.07) is 3.62. The van der Waals surface area contributed by atoms with Gasteiger partial charge in [-0.25, -0.2) is 0 Å². The first-order valence-corrected chi connectivity index (χ1v) is 3.73. The van der Waals surface area contributed by atoms with Crippen molar-refractivity contribution in [1.82, 2.24) is 25.0 Å². The molecule has 0 saturated carbocycles. The van der Waals surface area contributed by atoms with Gasteiger partial charge in [-0.15, -0.1) is 5.10 Å². The third-order valence-electron chi connectivity index (χ3n) is 1.57. The molecule has 2 aromatic rings. The number of anilines is 1. The maximum absolute atomic E-state index is 5.53. The maximum atomic E-state index is 5.53. The van der Waals surface area contributed by atoms with Gasteiger partial charge in [-0.3, -0.25) is 0 Å². The summed E-state index contributed by atoms with van der Waals surface area (Å²) in [5.41, 5.74) is 6.38. The summed E-state index contributed by atoms with van der Waals surface area (Å²) >= 11 is 0. The van der Waals surface area contributed by atoms with Gasteiger partial charge in [0.1, 0.15) is 6.33 Å². The van der Waals surface area contributed by atoms with Crippen LogP contribution in [0.1, 0.15) is 5.69 Å². The molecule has 0 unspecified atom stereocenters. The lowest BCUT2D eigenvalue weighted by atomic mass is 10.4. The second-order valence-electron chi connectivity index (χ2n) is 2.56. The lowest BCUT2D eigenvalue weighted by Gasteiger charge is -1.99. The topological polar surface area (TPSA) is 82.5 Å². The molecule has 0 aliphatic carbocycles. The first kappa shape index (κ1) is 7.66. The number of hydrogen-bond acceptors (Lipinski definition) is 5. The van der Waals surface area contributed by atoms with Crippen LogP contribution < -0.4 is 5.73 Å². The summed E-state index contributed by atoms with van der Waals surface area (Å²) in [6.45, 7) is 1.86. The maximum Gasteiger partial charge on any atom is 0.224 e. The summed E-state index contributed by atoms with van der Waals surface area (Å²) in [6.07, 6.45) is 1.37. The highest BCUT2D eigenvalue weighted by Crippen LogP contribution is 2.04. The molecule has 0 fully saturated rings. The van der Waals surface area contributed by atoms with Crippen LogP contribution in [-0.2, 0) is 0 Å². The lowest BCUT2D eigenvalue weighted by molar-refractivity contribution is 0.813. The molecular weight excluding hydrogens is 168 g/mol. The van der Waals surface area contributed by atoms with E-state index in [2.05, 4.69) is 20.3 Å². The molecule has 2 aromatic heterocycles. The Morgan fingerprint density at radius 1 is 1.31 bits per heavy atom. The van der Waals surface area contributed by atoms with Crippen molar-refractivity contribution in [3.8, 4) is 5.82 Å². The van der Waals surface area contributed by atoms with Gasteiger partial charge in [-0.05, 0) is 19.1 Å². The Balaban J connectivity index is 2.47. The zero-order chi connectivity index (χ0) is 9.26. The molecule has 2 rings (SSSR count). The summed E-state index contributed by atoms with van der Waals surface area (Å²) in [7, 11) is 0. The van der Waals surface area contributed by atoms with E-state index in [1.165, 1.54) is 11.0 Å². The van der Waals surface area contributed by atoms with Crippen LogP contribution in [0.5, 0.6) is 0 Å². The predicted octanol–water partition coefficient (Wildman–Crippen LogP) is -0.0521. The molecule has 2 N–H and O–H groups in total. The van der Waals surface area contributed by atoms with Crippen molar-refractivity contribution >= 4 is 5.95 Å². The van der Waals surface area contributed by atoms with E-state index in [0.29, 0.717) is 11.8 Å². The van der Waals surface area contributed by atoms with Gasteiger partial charge in [0.2, 0.25) is 5.95 Å². The minimum Gasteiger partial charge on any atom is -0.368 e. The van der Waals surface area contributed by atoms with Crippen molar-refractivity contribution in [1.29, 1.82) is 0 Å². The van der Waals surface area contributed by atoms with Crippen molar-refractivity contribution in [2.24, 2.45) is 0 Å². The molecule has 6 nitrogen and oxygen atoms in total. The molecule has 66 valence electrons. The van der Waals surface area contributed by atoms with Gasteiger partial charge in [0, 0.05) is 0 Å². The number of nitrogens with two attached hydrogens (primary N) is 1. The van der Waals surface area contributed by atoms with Crippen LogP contribution in [0.25, 0.3) is 5.82 Å². The fourth-order valence-corrected chi connectivity index (χ4v) is 0.932. The van der Waals surface area contributed by atoms with Crippen molar-refractivity contribution < 1.29 is 0 Å². The van der Waals surface area contributed by atoms with Crippen LogP contribution in [0.4, 0.5) is 5.95 Å². The number of aryl methyl sites for hydroxylation is 1. The Morgan fingerprint density at radius 3 is 2.69 bits per heavy atom. The molecule has 13 heavy (non-hydrogen) atoms. The molecule has 0 amide bonds. The highest BCUT2D eigenvalue weighted by Gasteiger charge is 2.03. The molecule has 2 heterocycles. The van der Waals surface area contributed by atoms with E-state index in [1.807, 2.05) is 13.0 Å². The lowest BCUT2D eigenvalue weighted by Crippen LogP contribution is -2.05. The van der Waals surface area contributed by atoms with E-state index in [1.54, 1.807) is 6.07 Å². The molecule has 0 atom stereocenters. The quantitative estimate of drug-likeness (QED) is 0.658. The molecule has 6 heteroatoms. The fraction of sp³-hybridized carbons (Fsp3) is 0.143. The fourth-order valence-electron chi connectivity index (χ4n) is 0.932. The second-order valence-corrected chi connectivity index (χ2v) is 2.56. The summed E-state index contributed by atoms with van der Waals surface area (Å²) < 4.78 is 1.42. The van der Waals surface area contributed by atoms with Crippen molar-refractivity contribution in [2.45, 2.75) is 6.92 Å². The van der Waals surface area contributed by atoms with Gasteiger partial charge < -0.3 is 5.73 Å². The van der Waals surface area contributed by atoms with Crippen LogP contribution in [0.2, 0.25) is 0 Å². The summed E-state index contributed by atoms with van der Waals surface area (Å²) in [4.78, 5) is 3.78. The van der Waals surface area contributed by atoms with Gasteiger partial charge in [0.15, 0.2) is 5.82 Å². The average Bonchev–Trinajstić information content (AvgIpc) is 2.53. The van der Waals surface area contributed by atoms with E-state index in [9.17, 15) is 0 Å². The monoisotopic (exact) mass is 176 g/mol. The molecule has 0 aliphatic heterocycles. The largest absolute Gasteiger partial charge is 0.368 e. The smallest absolute Gasteiger partial charge is 0.224 e. The number of rotatable bonds is 1. The molecule has 0 aliphatic rings. The second kappa shape index (κ2) is 2.81. The van der Waals surface area contributed by atoms with Crippen LogP contribution in [0.3, 0.4) is 0 Å². The normalized spacial score (nSPS) is 10.2. The van der Waals surface area contributed by atoms with E-state index >= 15 is 0 Å². The summed E-state index contributed by atoms with van der Waals surface area (Å²) in [5, 5.41) is 11.7. The van der Waals surface area contributed by atoms with Gasteiger partial charge in [-0.2, -0.15) is 19.9 Å². The Bertz CT molecular complexity index is 403. The standard InChI is InChI=1S/C7H8N6/c1-5-2-3-6(12-11-5)13-7(8)9-4-10-13/h2-4H,1H3,(H2,8,9,10). The Morgan fingerprint density at radius 2 is 2.15 bits per heavy atom. The molecule has 0 aromatic carbocycles. The average molecular weight is 176 g/mol. The van der Waals surface area contributed by atoms with Crippen molar-refractivity contribution in [3.05, 3.63) is 24.2 Å². The van der Waals surface area contributed by atoms with Gasteiger partial charge in [0.25, 0.3) is 0 Å². The molecule has 0 radical (unpaired) electrons. The first-order chi connectivity index (χ1) is 6.27. The van der Waals surface area contributed by atoms with E-state index in [0.717, 1.165) is 5.69 Å². The Labute approximate surface area is 74.4 Å². The highest BCUT2D eigenvalue weighted by molar-refractivity contribution is 5.29. The number of nitrogens with zero attached hydrogens (tertiary/aromatic N) is 5. The van der Waals surface area contributed by atoms with Crippen LogP contribution >= 0.6 is 0 Å². The van der Waals surface area contributed by atoms with Gasteiger partial charge in [0.05, 0.1) is 5.69 Å². The van der Waals surface area contributed by atoms with E-state index < -0.39 is 0 Å². The van der Waals surface area contributed by atoms with E-state index in [4.69, 9.17) is 5.73 Å². The van der Waals surface area contributed by atoms with Crippen LogP contribution in [-0.4, -0.2) is 25.0 Å². The first-order valence-electron chi connectivity index (χ1n) is 3.73. The molecule has 0 spiro atoms.